The van der Waals surface area contributed by atoms with Crippen molar-refractivity contribution in [1.29, 1.82) is 0 Å². The van der Waals surface area contributed by atoms with Crippen molar-refractivity contribution in [3.63, 3.8) is 0 Å². The van der Waals surface area contributed by atoms with Crippen LogP contribution in [-0.2, 0) is 32.3 Å². The van der Waals surface area contributed by atoms with E-state index in [0.29, 0.717) is 43.1 Å². The molecule has 9 nitrogen and oxygen atoms in total. The summed E-state index contributed by atoms with van der Waals surface area (Å²) in [5, 5.41) is -0.0202. The summed E-state index contributed by atoms with van der Waals surface area (Å²) in [5.41, 5.74) is 1.70. The lowest BCUT2D eigenvalue weighted by Gasteiger charge is -2.26. The molecule has 0 saturated heterocycles. The first-order chi connectivity index (χ1) is 20.4. The molecule has 3 amide bonds. The third-order valence-electron chi connectivity index (χ3n) is 7.57. The highest BCUT2D eigenvalue weighted by Crippen LogP contribution is 2.30. The first-order valence-corrected chi connectivity index (χ1v) is 17.8. The molecule has 1 saturated carbocycles. The predicted molar refractivity (Wildman–Crippen MR) is 166 cm³/mol. The van der Waals surface area contributed by atoms with Gasteiger partial charge in [-0.2, -0.15) is 0 Å². The van der Waals surface area contributed by atoms with Crippen molar-refractivity contribution in [2.24, 2.45) is 5.92 Å². The number of nitrogens with one attached hydrogen (secondary N) is 2. The van der Waals surface area contributed by atoms with E-state index in [1.807, 2.05) is 24.3 Å². The Kier molecular flexibility index (Phi) is 12.6. The van der Waals surface area contributed by atoms with Crippen LogP contribution in [0, 0.1) is 5.92 Å². The van der Waals surface area contributed by atoms with Crippen LogP contribution in [0.4, 0.5) is 4.79 Å². The number of hydrogen-bond donors (Lipinski definition) is 2. The Morgan fingerprint density at radius 2 is 1.95 bits per heavy atom. The molecule has 1 aliphatic heterocycles. The predicted octanol–water partition coefficient (Wildman–Crippen LogP) is 4.98. The van der Waals surface area contributed by atoms with Gasteiger partial charge in [-0.1, -0.05) is 74.0 Å². The standard InChI is InChI=1S/C30H38ClN3O6SSi/c31-25-11-6-9-23(17-25)20-40-30(38)32-41-27(18-22-7-2-1-3-8-22)29(37)33-42(21-35)16-13-28(36)34-14-15-39-26-12-5-4-10-24(26)19-34/h4-6,9-12,17,21-22,27,42H,1-3,7-8,13-16,18-20H2,(H,32,38)(H,33,37)/t27-,42-/m0/s1. The minimum Gasteiger partial charge on any atom is -0.491 e. The maximum Gasteiger partial charge on any atom is 0.417 e. The van der Waals surface area contributed by atoms with Gasteiger partial charge in [-0.25, -0.2) is 4.79 Å². The number of para-hydroxylation sites is 1. The molecule has 2 aromatic carbocycles. The number of benzene rings is 2. The summed E-state index contributed by atoms with van der Waals surface area (Å²) in [4.78, 5) is 55.4. The second-order valence-electron chi connectivity index (χ2n) is 10.7. The molecule has 0 unspecified atom stereocenters. The molecule has 1 heterocycles. The third kappa shape index (κ3) is 10.1. The first kappa shape index (κ1) is 31.9. The zero-order chi connectivity index (χ0) is 29.7. The van der Waals surface area contributed by atoms with Gasteiger partial charge in [0.15, 0.2) is 0 Å². The minimum atomic E-state index is -2.41. The second kappa shape index (κ2) is 16.6. The van der Waals surface area contributed by atoms with E-state index in [-0.39, 0.29) is 24.8 Å². The quantitative estimate of drug-likeness (QED) is 0.193. The number of amides is 3. The molecule has 2 N–H and O–H groups in total. The first-order valence-electron chi connectivity index (χ1n) is 14.5. The van der Waals surface area contributed by atoms with Gasteiger partial charge in [-0.3, -0.25) is 14.3 Å². The van der Waals surface area contributed by atoms with Gasteiger partial charge in [0.1, 0.15) is 30.1 Å². The SMILES string of the molecule is O=C[Si@H](CCC(=O)N1CCOc2ccccc2C1)NC(=O)[C@H](CC1CCCCC1)SNC(=O)OCc1cccc(Cl)c1. The molecule has 0 aromatic heterocycles. The van der Waals surface area contributed by atoms with Crippen molar-refractivity contribution in [3.8, 4) is 5.75 Å². The molecule has 1 aliphatic carbocycles. The van der Waals surface area contributed by atoms with Crippen LogP contribution in [0.1, 0.15) is 56.1 Å². The lowest BCUT2D eigenvalue weighted by molar-refractivity contribution is -0.131. The number of rotatable bonds is 12. The highest BCUT2D eigenvalue weighted by molar-refractivity contribution is 7.99. The van der Waals surface area contributed by atoms with Crippen molar-refractivity contribution < 1.29 is 28.7 Å². The zero-order valence-electron chi connectivity index (χ0n) is 23.6. The molecule has 0 radical (unpaired) electrons. The normalized spacial score (nSPS) is 16.6. The van der Waals surface area contributed by atoms with E-state index in [9.17, 15) is 19.2 Å². The van der Waals surface area contributed by atoms with Crippen molar-refractivity contribution in [2.45, 2.75) is 69.4 Å². The number of carbonyl (C=O) groups excluding carboxylic acids is 4. The smallest absolute Gasteiger partial charge is 0.417 e. The molecule has 2 atom stereocenters. The van der Waals surface area contributed by atoms with Crippen LogP contribution in [0.15, 0.2) is 48.5 Å². The van der Waals surface area contributed by atoms with Crippen LogP contribution in [0.3, 0.4) is 0 Å². The molecule has 12 heteroatoms. The lowest BCUT2D eigenvalue weighted by atomic mass is 9.86. The van der Waals surface area contributed by atoms with Crippen molar-refractivity contribution >= 4 is 56.3 Å². The fourth-order valence-corrected chi connectivity index (χ4v) is 7.93. The number of ether oxygens (including phenoxy) is 2. The lowest BCUT2D eigenvalue weighted by Crippen LogP contribution is -2.46. The Morgan fingerprint density at radius 3 is 2.74 bits per heavy atom. The van der Waals surface area contributed by atoms with Crippen LogP contribution in [0.5, 0.6) is 5.75 Å². The molecular formula is C30H38ClN3O6SSi. The summed E-state index contributed by atoms with van der Waals surface area (Å²) in [5.74, 6) is 1.61. The number of carbonyl (C=O) groups is 4. The van der Waals surface area contributed by atoms with E-state index in [1.54, 1.807) is 29.2 Å². The highest BCUT2D eigenvalue weighted by Gasteiger charge is 2.29. The number of hydrogen-bond acceptors (Lipinski definition) is 7. The van der Waals surface area contributed by atoms with E-state index < -0.39 is 20.3 Å². The van der Waals surface area contributed by atoms with Crippen molar-refractivity contribution in [3.05, 3.63) is 64.7 Å². The summed E-state index contributed by atoms with van der Waals surface area (Å²) >= 11 is 7.02. The Bertz CT molecular complexity index is 1230. The van der Waals surface area contributed by atoms with Crippen LogP contribution in [0.2, 0.25) is 11.1 Å². The number of nitrogens with zero attached hydrogens (tertiary/aromatic N) is 1. The minimum absolute atomic E-state index is 0.0509. The largest absolute Gasteiger partial charge is 0.491 e. The monoisotopic (exact) mass is 631 g/mol. The van der Waals surface area contributed by atoms with Gasteiger partial charge in [-0.05, 0) is 54.1 Å². The maximum absolute atomic E-state index is 13.4. The fraction of sp³-hybridized carbons (Fsp3) is 0.467. The van der Waals surface area contributed by atoms with Gasteiger partial charge in [0, 0.05) is 23.6 Å². The molecular weight excluding hydrogens is 594 g/mol. The zero-order valence-corrected chi connectivity index (χ0v) is 26.3. The molecule has 2 aliphatic rings. The summed E-state index contributed by atoms with van der Waals surface area (Å²) in [6.07, 6.45) is 5.63. The van der Waals surface area contributed by atoms with Gasteiger partial charge in [0.25, 0.3) is 0 Å². The average molecular weight is 632 g/mol. The van der Waals surface area contributed by atoms with Crippen LogP contribution in [0.25, 0.3) is 0 Å². The summed E-state index contributed by atoms with van der Waals surface area (Å²) in [6, 6.07) is 15.0. The van der Waals surface area contributed by atoms with E-state index >= 15 is 0 Å². The molecule has 0 spiro atoms. The molecule has 1 fully saturated rings. The second-order valence-corrected chi connectivity index (χ2v) is 14.5. The summed E-state index contributed by atoms with van der Waals surface area (Å²) < 4.78 is 13.7. The van der Waals surface area contributed by atoms with Gasteiger partial charge < -0.3 is 24.2 Å². The Hall–Kier alpha value is -3.02. The van der Waals surface area contributed by atoms with E-state index in [4.69, 9.17) is 21.1 Å². The summed E-state index contributed by atoms with van der Waals surface area (Å²) in [6.45, 7) is 1.37. The van der Waals surface area contributed by atoms with Crippen LogP contribution >= 0.6 is 23.5 Å². The number of halogens is 1. The molecule has 0 bridgehead atoms. The van der Waals surface area contributed by atoms with Crippen LogP contribution < -0.4 is 14.4 Å². The molecule has 2 aromatic rings. The van der Waals surface area contributed by atoms with Crippen LogP contribution in [-0.4, -0.2) is 56.1 Å². The van der Waals surface area contributed by atoms with E-state index in [2.05, 4.69) is 9.70 Å². The Labute approximate surface area is 257 Å². The van der Waals surface area contributed by atoms with Gasteiger partial charge in [0.2, 0.25) is 20.8 Å². The Morgan fingerprint density at radius 1 is 1.14 bits per heavy atom. The van der Waals surface area contributed by atoms with Crippen molar-refractivity contribution in [2.75, 3.05) is 13.2 Å². The fourth-order valence-electron chi connectivity index (χ4n) is 5.28. The molecule has 4 rings (SSSR count). The highest BCUT2D eigenvalue weighted by atomic mass is 35.5. The van der Waals surface area contributed by atoms with E-state index in [0.717, 1.165) is 60.4 Å². The summed E-state index contributed by atoms with van der Waals surface area (Å²) in [7, 11) is -2.41. The topological polar surface area (TPSA) is 114 Å². The maximum atomic E-state index is 13.4. The molecule has 226 valence electrons. The van der Waals surface area contributed by atoms with Gasteiger partial charge in [0.05, 0.1) is 6.54 Å². The Balaban J connectivity index is 1.29. The van der Waals surface area contributed by atoms with E-state index in [1.165, 1.54) is 6.42 Å². The van der Waals surface area contributed by atoms with Crippen molar-refractivity contribution in [1.82, 2.24) is 14.6 Å². The van der Waals surface area contributed by atoms with Gasteiger partial charge >= 0.3 is 6.09 Å². The van der Waals surface area contributed by atoms with Gasteiger partial charge in [-0.15, -0.1) is 0 Å². The average Bonchev–Trinajstić information content (AvgIpc) is 3.23. The molecule has 42 heavy (non-hydrogen) atoms. The third-order valence-corrected chi connectivity index (χ3v) is 10.7. The number of fused-ring (bicyclic) bond motifs is 1.